The van der Waals surface area contributed by atoms with Gasteiger partial charge in [0.25, 0.3) is 0 Å². The van der Waals surface area contributed by atoms with Crippen molar-refractivity contribution in [3.05, 3.63) is 93.8 Å². The molecule has 2 aliphatic rings. The van der Waals surface area contributed by atoms with Gasteiger partial charge >= 0.3 is 11.9 Å². The Balaban J connectivity index is 1.58. The number of nitrogens with one attached hydrogen (secondary N) is 1. The van der Waals surface area contributed by atoms with E-state index in [1.165, 1.54) is 12.7 Å². The largest absolute Gasteiger partial charge is 0.466 e. The normalized spacial score (nSPS) is 20.9. The van der Waals surface area contributed by atoms with Gasteiger partial charge in [0.1, 0.15) is 6.10 Å². The van der Waals surface area contributed by atoms with Gasteiger partial charge in [0, 0.05) is 24.5 Å². The zero-order valence-electron chi connectivity index (χ0n) is 21.0. The Morgan fingerprint density at radius 2 is 1.69 bits per heavy atom. The molecule has 4 rings (SSSR count). The van der Waals surface area contributed by atoms with E-state index in [1.807, 2.05) is 63.2 Å². The summed E-state index contributed by atoms with van der Waals surface area (Å²) < 4.78 is 11.2. The fourth-order valence-electron chi connectivity index (χ4n) is 5.14. The number of hydrogen-bond acceptors (Lipinski definition) is 6. The minimum absolute atomic E-state index is 0.202. The minimum atomic E-state index is -0.555. The number of carbonyl (C=O) groups excluding carboxylic acids is 2. The van der Waals surface area contributed by atoms with Crippen molar-refractivity contribution in [1.82, 2.24) is 10.2 Å². The number of aryl methyl sites for hydroxylation is 1. The van der Waals surface area contributed by atoms with Crippen LogP contribution in [0.4, 0.5) is 0 Å². The first-order chi connectivity index (χ1) is 16.9. The number of esters is 2. The predicted molar refractivity (Wildman–Crippen MR) is 135 cm³/mol. The van der Waals surface area contributed by atoms with Gasteiger partial charge in [-0.05, 0) is 51.3 Å². The number of nitrogens with zero attached hydrogens (tertiary/aromatic N) is 1. The lowest BCUT2D eigenvalue weighted by atomic mass is 9.80. The second-order valence-electron chi connectivity index (χ2n) is 9.43. The number of dihydropyridines is 1. The predicted octanol–water partition coefficient (Wildman–Crippen LogP) is 4.61. The number of carbonyl (C=O) groups is 2. The van der Waals surface area contributed by atoms with Gasteiger partial charge in [-0.1, -0.05) is 60.2 Å². The van der Waals surface area contributed by atoms with Gasteiger partial charge in [-0.3, -0.25) is 4.90 Å². The summed E-state index contributed by atoms with van der Waals surface area (Å²) in [7, 11) is 1.36. The minimum Gasteiger partial charge on any atom is -0.466 e. The van der Waals surface area contributed by atoms with Gasteiger partial charge in [0.15, 0.2) is 0 Å². The summed E-state index contributed by atoms with van der Waals surface area (Å²) in [6.07, 6.45) is 1.59. The Bertz CT molecular complexity index is 1150. The van der Waals surface area contributed by atoms with Crippen LogP contribution in [0.1, 0.15) is 49.3 Å². The monoisotopic (exact) mass is 474 g/mol. The Morgan fingerprint density at radius 1 is 0.971 bits per heavy atom. The molecule has 0 aliphatic carbocycles. The molecular formula is C29H34N2O4. The van der Waals surface area contributed by atoms with E-state index in [0.717, 1.165) is 37.1 Å². The highest BCUT2D eigenvalue weighted by molar-refractivity contribution is 5.99. The van der Waals surface area contributed by atoms with E-state index in [-0.39, 0.29) is 12.1 Å². The van der Waals surface area contributed by atoms with Gasteiger partial charge in [0.05, 0.1) is 24.2 Å². The molecule has 6 nitrogen and oxygen atoms in total. The zero-order chi connectivity index (χ0) is 24.9. The summed E-state index contributed by atoms with van der Waals surface area (Å²) in [6.45, 7) is 8.19. The van der Waals surface area contributed by atoms with Crippen LogP contribution in [0.5, 0.6) is 0 Å². The third-order valence-electron chi connectivity index (χ3n) is 6.75. The van der Waals surface area contributed by atoms with Crippen LogP contribution in [0.15, 0.2) is 77.1 Å². The highest BCUT2D eigenvalue weighted by Crippen LogP contribution is 2.39. The van der Waals surface area contributed by atoms with E-state index in [9.17, 15) is 9.59 Å². The summed E-state index contributed by atoms with van der Waals surface area (Å²) in [6, 6.07) is 18.2. The van der Waals surface area contributed by atoms with Crippen molar-refractivity contribution < 1.29 is 19.1 Å². The molecule has 35 heavy (non-hydrogen) atoms. The molecule has 2 heterocycles. The van der Waals surface area contributed by atoms with Crippen molar-refractivity contribution in [3.63, 3.8) is 0 Å². The molecule has 2 atom stereocenters. The molecule has 6 heteroatoms. The Morgan fingerprint density at radius 3 is 2.37 bits per heavy atom. The number of methoxy groups -OCH3 is 1. The van der Waals surface area contributed by atoms with E-state index in [1.54, 1.807) is 0 Å². The topological polar surface area (TPSA) is 67.9 Å². The average molecular weight is 475 g/mol. The van der Waals surface area contributed by atoms with Crippen LogP contribution in [0.3, 0.4) is 0 Å². The van der Waals surface area contributed by atoms with Crippen molar-refractivity contribution in [2.45, 2.75) is 52.2 Å². The van der Waals surface area contributed by atoms with E-state index >= 15 is 0 Å². The lowest BCUT2D eigenvalue weighted by molar-refractivity contribution is -0.147. The van der Waals surface area contributed by atoms with E-state index in [0.29, 0.717) is 29.1 Å². The summed E-state index contributed by atoms with van der Waals surface area (Å²) in [5.74, 6) is -1.40. The Kier molecular flexibility index (Phi) is 7.71. The van der Waals surface area contributed by atoms with E-state index < -0.39 is 11.9 Å². The Labute approximate surface area is 207 Å². The highest BCUT2D eigenvalue weighted by Gasteiger charge is 2.38. The third-order valence-corrected chi connectivity index (χ3v) is 6.75. The maximum absolute atomic E-state index is 13.7. The van der Waals surface area contributed by atoms with Gasteiger partial charge < -0.3 is 14.8 Å². The maximum Gasteiger partial charge on any atom is 0.337 e. The van der Waals surface area contributed by atoms with Crippen LogP contribution in [-0.2, 0) is 25.6 Å². The second-order valence-corrected chi connectivity index (χ2v) is 9.43. The number of rotatable bonds is 6. The van der Waals surface area contributed by atoms with Crippen LogP contribution in [0.2, 0.25) is 0 Å². The van der Waals surface area contributed by atoms with Crippen LogP contribution in [-0.4, -0.2) is 43.1 Å². The average Bonchev–Trinajstić information content (AvgIpc) is 2.84. The standard InChI is InChI=1S/C29H34N2O4/c1-19-10-8-13-23(16-19)27-25(28(32)34-4)20(2)30-21(3)26(27)29(33)35-24-14-9-15-31(18-24)17-22-11-6-5-7-12-22/h5-8,10-13,16,24,27,30H,9,14-15,17-18H2,1-4H3/t24-,27?/m0/s1. The van der Waals surface area contributed by atoms with Gasteiger partial charge in [0.2, 0.25) is 0 Å². The number of allylic oxidation sites excluding steroid dienone is 2. The van der Waals surface area contributed by atoms with Crippen LogP contribution < -0.4 is 5.32 Å². The lowest BCUT2D eigenvalue weighted by Crippen LogP contribution is -2.41. The van der Waals surface area contributed by atoms with Gasteiger partial charge in [-0.15, -0.1) is 0 Å². The SMILES string of the molecule is COC(=O)C1=C(C)NC(C)=C(C(=O)O[C@H]2CCCN(Cc3ccccc3)C2)C1c1cccc(C)c1. The van der Waals surface area contributed by atoms with E-state index in [4.69, 9.17) is 9.47 Å². The number of piperidine rings is 1. The smallest absolute Gasteiger partial charge is 0.337 e. The van der Waals surface area contributed by atoms with Crippen molar-refractivity contribution in [2.24, 2.45) is 0 Å². The Hall–Kier alpha value is -3.38. The molecule has 0 bridgehead atoms. The summed E-state index contributed by atoms with van der Waals surface area (Å²) >= 11 is 0. The van der Waals surface area contributed by atoms with Crippen LogP contribution in [0, 0.1) is 6.92 Å². The molecule has 1 saturated heterocycles. The molecule has 0 saturated carbocycles. The van der Waals surface area contributed by atoms with Crippen LogP contribution >= 0.6 is 0 Å². The molecular weight excluding hydrogens is 440 g/mol. The molecule has 2 aromatic carbocycles. The molecule has 0 radical (unpaired) electrons. The molecule has 0 aromatic heterocycles. The first-order valence-electron chi connectivity index (χ1n) is 12.2. The second kappa shape index (κ2) is 10.9. The molecule has 184 valence electrons. The van der Waals surface area contributed by atoms with Crippen molar-refractivity contribution in [2.75, 3.05) is 20.2 Å². The molecule has 1 N–H and O–H groups in total. The van der Waals surface area contributed by atoms with E-state index in [2.05, 4.69) is 22.3 Å². The lowest BCUT2D eigenvalue weighted by Gasteiger charge is -2.34. The maximum atomic E-state index is 13.7. The summed E-state index contributed by atoms with van der Waals surface area (Å²) in [4.78, 5) is 28.8. The van der Waals surface area contributed by atoms with Gasteiger partial charge in [-0.25, -0.2) is 9.59 Å². The number of likely N-dealkylation sites (tertiary alicyclic amines) is 1. The molecule has 0 spiro atoms. The highest BCUT2D eigenvalue weighted by atomic mass is 16.5. The summed E-state index contributed by atoms with van der Waals surface area (Å²) in [5.41, 5.74) is 5.45. The first kappa shape index (κ1) is 24.7. The van der Waals surface area contributed by atoms with Crippen molar-refractivity contribution >= 4 is 11.9 Å². The molecule has 1 fully saturated rings. The fourth-order valence-corrected chi connectivity index (χ4v) is 5.14. The zero-order valence-corrected chi connectivity index (χ0v) is 21.0. The number of ether oxygens (including phenoxy) is 2. The quantitative estimate of drug-likeness (QED) is 0.617. The van der Waals surface area contributed by atoms with Gasteiger partial charge in [-0.2, -0.15) is 0 Å². The molecule has 2 aromatic rings. The fraction of sp³-hybridized carbons (Fsp3) is 0.379. The number of hydrogen-bond donors (Lipinski definition) is 1. The summed E-state index contributed by atoms with van der Waals surface area (Å²) in [5, 5.41) is 3.22. The van der Waals surface area contributed by atoms with Crippen LogP contribution in [0.25, 0.3) is 0 Å². The third kappa shape index (κ3) is 5.65. The molecule has 0 amide bonds. The molecule has 2 aliphatic heterocycles. The molecule has 1 unspecified atom stereocenters. The van der Waals surface area contributed by atoms with Crippen molar-refractivity contribution in [3.8, 4) is 0 Å². The first-order valence-corrected chi connectivity index (χ1v) is 12.2. The number of benzene rings is 2. The van der Waals surface area contributed by atoms with Crippen molar-refractivity contribution in [1.29, 1.82) is 0 Å².